The fourth-order valence-corrected chi connectivity index (χ4v) is 5.85. The van der Waals surface area contributed by atoms with Gasteiger partial charge in [-0.25, -0.2) is 4.68 Å². The standard InChI is InChI=1S/C28H28N4O6/c1-2-24-23-11-16(25(34)32-17-8-9-18(32)15-38-14-17)7-10-22(23)28(37)31(29-24)13-19(33)12-30-26(35)20-5-3-4-6-21(20)27(30)36/h3-7,10-11,17-19,33H,2,8-9,12-15H2,1H3. The summed E-state index contributed by atoms with van der Waals surface area (Å²) in [5.41, 5.74) is 1.32. The van der Waals surface area contributed by atoms with E-state index in [2.05, 4.69) is 5.10 Å². The van der Waals surface area contributed by atoms with E-state index in [4.69, 9.17) is 4.74 Å². The third-order valence-corrected chi connectivity index (χ3v) is 7.75. The second kappa shape index (κ2) is 9.45. The van der Waals surface area contributed by atoms with Gasteiger partial charge in [0.05, 0.1) is 66.7 Å². The van der Waals surface area contributed by atoms with E-state index in [0.717, 1.165) is 17.7 Å². The van der Waals surface area contributed by atoms with Crippen LogP contribution in [0.25, 0.3) is 10.8 Å². The molecule has 2 aromatic carbocycles. The van der Waals surface area contributed by atoms with Gasteiger partial charge in [-0.3, -0.25) is 24.1 Å². The van der Waals surface area contributed by atoms with Crippen LogP contribution >= 0.6 is 0 Å². The maximum absolute atomic E-state index is 13.4. The molecule has 3 aliphatic rings. The molecule has 0 spiro atoms. The van der Waals surface area contributed by atoms with E-state index in [-0.39, 0.29) is 31.1 Å². The van der Waals surface area contributed by atoms with Crippen molar-refractivity contribution in [1.29, 1.82) is 0 Å². The molecule has 1 aromatic heterocycles. The Labute approximate surface area is 218 Å². The van der Waals surface area contributed by atoms with Gasteiger partial charge in [0.25, 0.3) is 23.3 Å². The third-order valence-electron chi connectivity index (χ3n) is 7.75. The van der Waals surface area contributed by atoms with Crippen LogP contribution in [0.3, 0.4) is 0 Å². The van der Waals surface area contributed by atoms with E-state index in [1.165, 1.54) is 4.68 Å². The van der Waals surface area contributed by atoms with Crippen molar-refractivity contribution in [3.63, 3.8) is 0 Å². The maximum Gasteiger partial charge on any atom is 0.274 e. The Balaban J connectivity index is 1.25. The van der Waals surface area contributed by atoms with Crippen LogP contribution in [0.15, 0.2) is 47.3 Å². The highest BCUT2D eigenvalue weighted by Crippen LogP contribution is 2.31. The van der Waals surface area contributed by atoms with Crippen LogP contribution in [0.5, 0.6) is 0 Å². The first-order valence-electron chi connectivity index (χ1n) is 12.9. The number of aliphatic hydroxyl groups excluding tert-OH is 1. The van der Waals surface area contributed by atoms with Gasteiger partial charge in [-0.15, -0.1) is 0 Å². The SMILES string of the molecule is CCc1nn(CC(O)CN2C(=O)c3ccccc3C2=O)c(=O)c2ccc(C(=O)N3C4CCC3COC4)cc12. The van der Waals surface area contributed by atoms with E-state index >= 15 is 0 Å². The number of aryl methyl sites for hydroxylation is 1. The van der Waals surface area contributed by atoms with Crippen molar-refractivity contribution < 1.29 is 24.2 Å². The summed E-state index contributed by atoms with van der Waals surface area (Å²) in [5.74, 6) is -1.00. The number of imide groups is 1. The van der Waals surface area contributed by atoms with E-state index in [0.29, 0.717) is 52.8 Å². The molecule has 10 heteroatoms. The number of aromatic nitrogens is 2. The van der Waals surface area contributed by atoms with Crippen LogP contribution in [0.1, 0.15) is 56.5 Å². The number of hydrogen-bond donors (Lipinski definition) is 1. The molecule has 4 heterocycles. The number of β-amino-alcohol motifs (C(OH)–C–C–N with tert-alkyl or cyclic N) is 1. The Morgan fingerprint density at radius 2 is 1.66 bits per heavy atom. The lowest BCUT2D eigenvalue weighted by atomic mass is 10.0. The number of hydrogen-bond acceptors (Lipinski definition) is 7. The van der Waals surface area contributed by atoms with Gasteiger partial charge in [0.1, 0.15) is 0 Å². The van der Waals surface area contributed by atoms with Crippen molar-refractivity contribution >= 4 is 28.5 Å². The van der Waals surface area contributed by atoms with Gasteiger partial charge in [0.15, 0.2) is 0 Å². The largest absolute Gasteiger partial charge is 0.389 e. The van der Waals surface area contributed by atoms with Crippen LogP contribution in [-0.4, -0.2) is 80.4 Å². The molecule has 3 unspecified atom stereocenters. The van der Waals surface area contributed by atoms with Crippen LogP contribution < -0.4 is 5.56 Å². The van der Waals surface area contributed by atoms with Crippen molar-refractivity contribution in [1.82, 2.24) is 19.6 Å². The summed E-state index contributed by atoms with van der Waals surface area (Å²) in [6.07, 6.45) is 1.17. The third kappa shape index (κ3) is 3.91. The number of fused-ring (bicyclic) bond motifs is 4. The highest BCUT2D eigenvalue weighted by atomic mass is 16.5. The highest BCUT2D eigenvalue weighted by Gasteiger charge is 2.41. The molecule has 3 aromatic rings. The summed E-state index contributed by atoms with van der Waals surface area (Å²) < 4.78 is 6.78. The summed E-state index contributed by atoms with van der Waals surface area (Å²) in [6.45, 7) is 2.56. The lowest BCUT2D eigenvalue weighted by molar-refractivity contribution is -0.00715. The number of ether oxygens (including phenoxy) is 1. The number of aliphatic hydroxyl groups is 1. The molecule has 0 aliphatic carbocycles. The number of nitrogens with zero attached hydrogens (tertiary/aromatic N) is 4. The molecule has 6 rings (SSSR count). The minimum absolute atomic E-state index is 0.0645. The summed E-state index contributed by atoms with van der Waals surface area (Å²) in [5, 5.41) is 16.2. The Bertz CT molecular complexity index is 1480. The number of morpholine rings is 1. The zero-order valence-electron chi connectivity index (χ0n) is 21.0. The normalized spacial score (nSPS) is 21.3. The number of amides is 3. The predicted molar refractivity (Wildman–Crippen MR) is 137 cm³/mol. The Kier molecular flexibility index (Phi) is 6.08. The van der Waals surface area contributed by atoms with E-state index in [1.807, 2.05) is 11.8 Å². The second-order valence-corrected chi connectivity index (χ2v) is 10.1. The molecule has 1 N–H and O–H groups in total. The predicted octanol–water partition coefficient (Wildman–Crippen LogP) is 1.62. The molecule has 3 amide bonds. The first-order valence-corrected chi connectivity index (χ1v) is 12.9. The fourth-order valence-electron chi connectivity index (χ4n) is 5.85. The second-order valence-electron chi connectivity index (χ2n) is 10.1. The molecule has 0 saturated carbocycles. The summed E-state index contributed by atoms with van der Waals surface area (Å²) in [6, 6.07) is 11.7. The average molecular weight is 517 g/mol. The van der Waals surface area contributed by atoms with Crippen molar-refractivity contribution in [2.24, 2.45) is 0 Å². The fraction of sp³-hybridized carbons (Fsp3) is 0.393. The minimum Gasteiger partial charge on any atom is -0.389 e. The number of carbonyl (C=O) groups is 3. The molecule has 10 nitrogen and oxygen atoms in total. The molecule has 3 atom stereocenters. The average Bonchev–Trinajstić information content (AvgIpc) is 3.32. The molecule has 2 bridgehead atoms. The topological polar surface area (TPSA) is 122 Å². The molecule has 196 valence electrons. The Hall–Kier alpha value is -3.89. The van der Waals surface area contributed by atoms with Gasteiger partial charge in [0, 0.05) is 10.9 Å². The molecule has 2 fully saturated rings. The summed E-state index contributed by atoms with van der Waals surface area (Å²) in [4.78, 5) is 54.9. The number of carbonyl (C=O) groups excluding carboxylic acids is 3. The lowest BCUT2D eigenvalue weighted by Gasteiger charge is -2.34. The van der Waals surface area contributed by atoms with Crippen molar-refractivity contribution in [2.45, 2.75) is 50.9 Å². The Morgan fingerprint density at radius 1 is 1.00 bits per heavy atom. The quantitative estimate of drug-likeness (QED) is 0.494. The van der Waals surface area contributed by atoms with Crippen LogP contribution in [0.4, 0.5) is 0 Å². The van der Waals surface area contributed by atoms with Gasteiger partial charge in [0.2, 0.25) is 0 Å². The zero-order chi connectivity index (χ0) is 26.6. The highest BCUT2D eigenvalue weighted by molar-refractivity contribution is 6.21. The first kappa shape index (κ1) is 24.4. The smallest absolute Gasteiger partial charge is 0.274 e. The molecule has 3 aliphatic heterocycles. The maximum atomic E-state index is 13.4. The van der Waals surface area contributed by atoms with Crippen molar-refractivity contribution in [2.75, 3.05) is 19.8 Å². The van der Waals surface area contributed by atoms with Crippen LogP contribution in [0.2, 0.25) is 0 Å². The first-order chi connectivity index (χ1) is 18.4. The van der Waals surface area contributed by atoms with E-state index < -0.39 is 23.5 Å². The molecular formula is C28H28N4O6. The summed E-state index contributed by atoms with van der Waals surface area (Å²) in [7, 11) is 0. The van der Waals surface area contributed by atoms with Crippen LogP contribution in [0, 0.1) is 0 Å². The lowest BCUT2D eigenvalue weighted by Crippen LogP contribution is -2.49. The van der Waals surface area contributed by atoms with Crippen molar-refractivity contribution in [3.8, 4) is 0 Å². The van der Waals surface area contributed by atoms with Gasteiger partial charge in [-0.05, 0) is 49.6 Å². The van der Waals surface area contributed by atoms with E-state index in [1.54, 1.807) is 42.5 Å². The van der Waals surface area contributed by atoms with Crippen LogP contribution in [-0.2, 0) is 17.7 Å². The number of benzene rings is 2. The Morgan fingerprint density at radius 3 is 2.29 bits per heavy atom. The molecular weight excluding hydrogens is 488 g/mol. The van der Waals surface area contributed by atoms with Crippen molar-refractivity contribution in [3.05, 3.63) is 75.2 Å². The number of rotatable bonds is 6. The van der Waals surface area contributed by atoms with Gasteiger partial charge >= 0.3 is 0 Å². The van der Waals surface area contributed by atoms with Gasteiger partial charge < -0.3 is 14.7 Å². The molecule has 0 radical (unpaired) electrons. The summed E-state index contributed by atoms with van der Waals surface area (Å²) >= 11 is 0. The molecule has 2 saturated heterocycles. The molecule has 38 heavy (non-hydrogen) atoms. The van der Waals surface area contributed by atoms with E-state index in [9.17, 15) is 24.3 Å². The van der Waals surface area contributed by atoms with Gasteiger partial charge in [-0.2, -0.15) is 5.10 Å². The monoisotopic (exact) mass is 516 g/mol. The zero-order valence-corrected chi connectivity index (χ0v) is 21.0. The minimum atomic E-state index is -1.19. The van der Waals surface area contributed by atoms with Gasteiger partial charge in [-0.1, -0.05) is 19.1 Å².